The molecule has 154 valence electrons. The van der Waals surface area contributed by atoms with Crippen LogP contribution in [0.15, 0.2) is 81.7 Å². The Labute approximate surface area is 182 Å². The van der Waals surface area contributed by atoms with Gasteiger partial charge < -0.3 is 9.26 Å². The second kappa shape index (κ2) is 9.19. The second-order valence-electron chi connectivity index (χ2n) is 6.46. The van der Waals surface area contributed by atoms with Gasteiger partial charge in [-0.3, -0.25) is 4.79 Å². The Morgan fingerprint density at radius 1 is 1.06 bits per heavy atom. The zero-order valence-electron chi connectivity index (χ0n) is 16.4. The molecule has 0 fully saturated rings. The van der Waals surface area contributed by atoms with Gasteiger partial charge in [-0.1, -0.05) is 41.6 Å². The topological polar surface area (TPSA) is 93.8 Å². The van der Waals surface area contributed by atoms with Crippen molar-refractivity contribution >= 4 is 29.4 Å². The first kappa shape index (κ1) is 20.2. The highest BCUT2D eigenvalue weighted by Gasteiger charge is 2.21. The molecule has 8 heteroatoms. The van der Waals surface area contributed by atoms with Crippen LogP contribution in [0.3, 0.4) is 0 Å². The minimum absolute atomic E-state index is 0.333. The summed E-state index contributed by atoms with van der Waals surface area (Å²) in [7, 11) is 0. The number of carbonyl (C=O) groups excluding carboxylic acids is 2. The molecule has 0 bridgehead atoms. The molecule has 0 atom stereocenters. The molecule has 2 aromatic carbocycles. The normalized spacial score (nSPS) is 10.9. The largest absolute Gasteiger partial charge is 0.422 e. The Morgan fingerprint density at radius 2 is 1.84 bits per heavy atom. The number of hydrogen-bond donors (Lipinski definition) is 1. The van der Waals surface area contributed by atoms with Gasteiger partial charge in [-0.25, -0.2) is 10.2 Å². The van der Waals surface area contributed by atoms with E-state index in [1.54, 1.807) is 43.3 Å². The summed E-state index contributed by atoms with van der Waals surface area (Å²) in [4.78, 5) is 25.1. The van der Waals surface area contributed by atoms with E-state index in [1.165, 1.54) is 17.6 Å². The van der Waals surface area contributed by atoms with Crippen LogP contribution in [-0.4, -0.2) is 23.2 Å². The molecule has 1 amide bonds. The van der Waals surface area contributed by atoms with Gasteiger partial charge >= 0.3 is 5.97 Å². The molecule has 1 N–H and O–H groups in total. The number of hydrogen-bond acceptors (Lipinski definition) is 7. The molecule has 4 rings (SSSR count). The maximum atomic E-state index is 12.6. The molecule has 0 saturated carbocycles. The van der Waals surface area contributed by atoms with Crippen LogP contribution in [-0.2, 0) is 0 Å². The first-order chi connectivity index (χ1) is 15.1. The van der Waals surface area contributed by atoms with Crippen molar-refractivity contribution in [2.45, 2.75) is 6.92 Å². The molecule has 4 aromatic rings. The van der Waals surface area contributed by atoms with Gasteiger partial charge in [0.1, 0.15) is 27.6 Å². The molecule has 0 saturated heterocycles. The number of aryl methyl sites for hydroxylation is 1. The van der Waals surface area contributed by atoms with Crippen LogP contribution < -0.4 is 10.2 Å². The van der Waals surface area contributed by atoms with Crippen LogP contribution in [0.5, 0.6) is 5.75 Å². The van der Waals surface area contributed by atoms with Crippen LogP contribution in [0, 0.1) is 6.92 Å². The maximum Gasteiger partial charge on any atom is 0.353 e. The fraction of sp³-hybridized carbons (Fsp3) is 0.0435. The summed E-state index contributed by atoms with van der Waals surface area (Å²) in [6.07, 6.45) is 1.49. The first-order valence-electron chi connectivity index (χ1n) is 9.32. The first-order valence-corrected chi connectivity index (χ1v) is 10.2. The van der Waals surface area contributed by atoms with Crippen molar-refractivity contribution in [2.75, 3.05) is 0 Å². The quantitative estimate of drug-likeness (QED) is 0.207. The number of nitrogens with zero attached hydrogens (tertiary/aromatic N) is 2. The van der Waals surface area contributed by atoms with Crippen LogP contribution in [0.4, 0.5) is 0 Å². The van der Waals surface area contributed by atoms with E-state index in [2.05, 4.69) is 15.7 Å². The van der Waals surface area contributed by atoms with E-state index in [-0.39, 0.29) is 0 Å². The monoisotopic (exact) mass is 431 g/mol. The standard InChI is InChI=1S/C23H17N3O4S/c1-15-20(21(26-30-15)17-6-3-2-4-7-17)22(27)25-24-14-16-9-11-18(12-10-16)29-23(28)19-8-5-13-31-19/h2-14H,1H3,(H,25,27)/b24-14-. The Balaban J connectivity index is 1.40. The van der Waals surface area contributed by atoms with Crippen molar-refractivity contribution in [3.05, 3.63) is 93.9 Å². The molecule has 0 aliphatic rings. The lowest BCUT2D eigenvalue weighted by Crippen LogP contribution is -2.18. The van der Waals surface area contributed by atoms with E-state index in [0.717, 1.165) is 11.1 Å². The van der Waals surface area contributed by atoms with Crippen molar-refractivity contribution in [3.8, 4) is 17.0 Å². The van der Waals surface area contributed by atoms with Gasteiger partial charge in [-0.15, -0.1) is 11.3 Å². The Morgan fingerprint density at radius 3 is 2.55 bits per heavy atom. The van der Waals surface area contributed by atoms with E-state index in [1.807, 2.05) is 35.7 Å². The SMILES string of the molecule is Cc1onc(-c2ccccc2)c1C(=O)N/N=C\c1ccc(OC(=O)c2cccs2)cc1. The molecule has 2 aromatic heterocycles. The third kappa shape index (κ3) is 4.76. The van der Waals surface area contributed by atoms with Crippen molar-refractivity contribution in [1.29, 1.82) is 0 Å². The van der Waals surface area contributed by atoms with Gasteiger partial charge in [0.25, 0.3) is 5.91 Å². The third-order valence-electron chi connectivity index (χ3n) is 4.33. The summed E-state index contributed by atoms with van der Waals surface area (Å²) in [6.45, 7) is 1.67. The fourth-order valence-corrected chi connectivity index (χ4v) is 3.43. The molecule has 0 spiro atoms. The molecule has 0 aliphatic heterocycles. The summed E-state index contributed by atoms with van der Waals surface area (Å²) in [5.74, 6) is 0.00740. The van der Waals surface area contributed by atoms with Crippen LogP contribution in [0.25, 0.3) is 11.3 Å². The number of ether oxygens (including phenoxy) is 1. The molecule has 31 heavy (non-hydrogen) atoms. The van der Waals surface area contributed by atoms with Crippen molar-refractivity contribution in [3.63, 3.8) is 0 Å². The van der Waals surface area contributed by atoms with Gasteiger partial charge in [0.2, 0.25) is 0 Å². The summed E-state index contributed by atoms with van der Waals surface area (Å²) in [5.41, 5.74) is 4.79. The second-order valence-corrected chi connectivity index (χ2v) is 7.41. The number of thiophene rings is 1. The zero-order chi connectivity index (χ0) is 21.6. The Bertz CT molecular complexity index is 1210. The van der Waals surface area contributed by atoms with E-state index in [9.17, 15) is 9.59 Å². The number of aromatic nitrogens is 1. The summed E-state index contributed by atoms with van der Waals surface area (Å²) < 4.78 is 10.5. The molecule has 0 unspecified atom stereocenters. The highest BCUT2D eigenvalue weighted by molar-refractivity contribution is 7.12. The smallest absolute Gasteiger partial charge is 0.353 e. The van der Waals surface area contributed by atoms with Gasteiger partial charge in [0, 0.05) is 5.56 Å². The molecule has 0 aliphatic carbocycles. The highest BCUT2D eigenvalue weighted by atomic mass is 32.1. The number of benzene rings is 2. The van der Waals surface area contributed by atoms with Crippen LogP contribution in [0.1, 0.15) is 31.4 Å². The van der Waals surface area contributed by atoms with E-state index in [4.69, 9.17) is 9.26 Å². The Hall–Kier alpha value is -4.04. The molecule has 0 radical (unpaired) electrons. The molecular formula is C23H17N3O4S. The van der Waals surface area contributed by atoms with Crippen molar-refractivity contribution < 1.29 is 18.8 Å². The summed E-state index contributed by atoms with van der Waals surface area (Å²) in [5, 5.41) is 9.82. The molecule has 7 nitrogen and oxygen atoms in total. The van der Waals surface area contributed by atoms with Gasteiger partial charge in [-0.05, 0) is 48.2 Å². The fourth-order valence-electron chi connectivity index (χ4n) is 2.83. The summed E-state index contributed by atoms with van der Waals surface area (Å²) >= 11 is 1.32. The lowest BCUT2D eigenvalue weighted by molar-refractivity contribution is 0.0739. The average molecular weight is 431 g/mol. The number of carbonyl (C=O) groups is 2. The van der Waals surface area contributed by atoms with Gasteiger partial charge in [0.15, 0.2) is 0 Å². The predicted molar refractivity (Wildman–Crippen MR) is 117 cm³/mol. The molecule has 2 heterocycles. The lowest BCUT2D eigenvalue weighted by atomic mass is 10.1. The van der Waals surface area contributed by atoms with Crippen LogP contribution in [0.2, 0.25) is 0 Å². The summed E-state index contributed by atoms with van der Waals surface area (Å²) in [6, 6.07) is 19.6. The number of nitrogens with one attached hydrogen (secondary N) is 1. The van der Waals surface area contributed by atoms with E-state index < -0.39 is 11.9 Å². The van der Waals surface area contributed by atoms with E-state index in [0.29, 0.717) is 27.6 Å². The minimum Gasteiger partial charge on any atom is -0.422 e. The number of esters is 1. The number of amides is 1. The van der Waals surface area contributed by atoms with Gasteiger partial charge in [-0.2, -0.15) is 5.10 Å². The predicted octanol–water partition coefficient (Wildman–Crippen LogP) is 4.69. The lowest BCUT2D eigenvalue weighted by Gasteiger charge is -2.03. The molecular weight excluding hydrogens is 414 g/mol. The number of rotatable bonds is 6. The minimum atomic E-state index is -0.421. The average Bonchev–Trinajstić information content (AvgIpc) is 3.46. The van der Waals surface area contributed by atoms with Crippen molar-refractivity contribution in [2.24, 2.45) is 5.10 Å². The number of hydrazone groups is 1. The van der Waals surface area contributed by atoms with E-state index >= 15 is 0 Å². The maximum absolute atomic E-state index is 12.6. The van der Waals surface area contributed by atoms with Crippen molar-refractivity contribution in [1.82, 2.24) is 10.6 Å². The van der Waals surface area contributed by atoms with Gasteiger partial charge in [0.05, 0.1) is 6.21 Å². The zero-order valence-corrected chi connectivity index (χ0v) is 17.3. The van der Waals surface area contributed by atoms with Crippen LogP contribution >= 0.6 is 11.3 Å². The Kier molecular flexibility index (Phi) is 6.00. The highest BCUT2D eigenvalue weighted by Crippen LogP contribution is 2.24. The third-order valence-corrected chi connectivity index (χ3v) is 5.18.